The summed E-state index contributed by atoms with van der Waals surface area (Å²) in [4.78, 5) is 18.4. The van der Waals surface area contributed by atoms with E-state index in [-0.39, 0.29) is 5.78 Å². The number of anilines is 3. The first-order valence-electron chi connectivity index (χ1n) is 7.83. The van der Waals surface area contributed by atoms with Gasteiger partial charge >= 0.3 is 0 Å². The minimum Gasteiger partial charge on any atom is -0.397 e. The van der Waals surface area contributed by atoms with Gasteiger partial charge in [-0.2, -0.15) is 0 Å². The molecule has 0 fully saturated rings. The summed E-state index contributed by atoms with van der Waals surface area (Å²) >= 11 is 1.33. The first-order chi connectivity index (χ1) is 12.2. The number of thiophene rings is 1. The molecule has 0 bridgehead atoms. The van der Waals surface area contributed by atoms with Gasteiger partial charge < -0.3 is 11.1 Å². The molecule has 0 amide bonds. The molecule has 4 nitrogen and oxygen atoms in total. The van der Waals surface area contributed by atoms with Crippen LogP contribution < -0.4 is 11.1 Å². The SMILES string of the molecule is Nc1c(C(=O)c2ccccc2)sc2nccc(Nc3ccccc3)c12. The van der Waals surface area contributed by atoms with Crippen LogP contribution in [-0.2, 0) is 0 Å². The van der Waals surface area contributed by atoms with Crippen LogP contribution in [0, 0.1) is 0 Å². The Labute approximate surface area is 149 Å². The Balaban J connectivity index is 1.80. The van der Waals surface area contributed by atoms with Gasteiger partial charge in [0.2, 0.25) is 5.78 Å². The number of para-hydroxylation sites is 1. The highest BCUT2D eigenvalue weighted by molar-refractivity contribution is 7.21. The van der Waals surface area contributed by atoms with Crippen LogP contribution >= 0.6 is 11.3 Å². The van der Waals surface area contributed by atoms with Crippen LogP contribution in [0.4, 0.5) is 17.1 Å². The zero-order chi connectivity index (χ0) is 17.2. The van der Waals surface area contributed by atoms with Crippen LogP contribution in [0.3, 0.4) is 0 Å². The lowest BCUT2D eigenvalue weighted by Gasteiger charge is -2.08. The molecule has 4 rings (SSSR count). The highest BCUT2D eigenvalue weighted by atomic mass is 32.1. The third-order valence-corrected chi connectivity index (χ3v) is 5.04. The summed E-state index contributed by atoms with van der Waals surface area (Å²) in [6.45, 7) is 0. The molecule has 0 unspecified atom stereocenters. The minimum atomic E-state index is -0.0771. The lowest BCUT2D eigenvalue weighted by molar-refractivity contribution is 0.104. The molecule has 2 aromatic heterocycles. The number of nitrogens with two attached hydrogens (primary N) is 1. The summed E-state index contributed by atoms with van der Waals surface area (Å²) in [5, 5.41) is 4.14. The van der Waals surface area contributed by atoms with Crippen molar-refractivity contribution in [3.63, 3.8) is 0 Å². The van der Waals surface area contributed by atoms with E-state index in [9.17, 15) is 4.79 Å². The van der Waals surface area contributed by atoms with Crippen molar-refractivity contribution in [2.75, 3.05) is 11.1 Å². The average molecular weight is 345 g/mol. The molecule has 0 aliphatic heterocycles. The quantitative estimate of drug-likeness (QED) is 0.519. The molecule has 0 aliphatic rings. The van der Waals surface area contributed by atoms with Crippen LogP contribution in [0.1, 0.15) is 15.2 Å². The van der Waals surface area contributed by atoms with E-state index in [4.69, 9.17) is 5.73 Å². The van der Waals surface area contributed by atoms with E-state index in [1.807, 2.05) is 54.6 Å². The molecule has 2 heterocycles. The van der Waals surface area contributed by atoms with Crippen LogP contribution in [0.5, 0.6) is 0 Å². The summed E-state index contributed by atoms with van der Waals surface area (Å²) in [6.07, 6.45) is 1.72. The lowest BCUT2D eigenvalue weighted by atomic mass is 10.1. The third-order valence-electron chi connectivity index (χ3n) is 3.92. The molecule has 2 aromatic carbocycles. The molecular weight excluding hydrogens is 330 g/mol. The second-order valence-corrected chi connectivity index (χ2v) is 6.57. The van der Waals surface area contributed by atoms with Crippen molar-refractivity contribution in [3.8, 4) is 0 Å². The Hall–Kier alpha value is -3.18. The van der Waals surface area contributed by atoms with Gasteiger partial charge in [-0.1, -0.05) is 48.5 Å². The Morgan fingerprint density at radius 1 is 0.960 bits per heavy atom. The maximum atomic E-state index is 12.8. The smallest absolute Gasteiger partial charge is 0.205 e. The fourth-order valence-electron chi connectivity index (χ4n) is 2.72. The van der Waals surface area contributed by atoms with Crippen molar-refractivity contribution in [1.29, 1.82) is 0 Å². The molecule has 0 aliphatic carbocycles. The van der Waals surface area contributed by atoms with Gasteiger partial charge in [0.05, 0.1) is 16.8 Å². The summed E-state index contributed by atoms with van der Waals surface area (Å²) in [6, 6.07) is 20.9. The third kappa shape index (κ3) is 2.86. The number of carbonyl (C=O) groups excluding carboxylic acids is 1. The molecule has 5 heteroatoms. The average Bonchev–Trinajstić information content (AvgIpc) is 3.00. The number of rotatable bonds is 4. The molecular formula is C20H15N3OS. The number of ketones is 1. The van der Waals surface area contributed by atoms with E-state index < -0.39 is 0 Å². The maximum absolute atomic E-state index is 12.8. The van der Waals surface area contributed by atoms with Gasteiger partial charge in [0.25, 0.3) is 0 Å². The summed E-state index contributed by atoms with van der Waals surface area (Å²) in [7, 11) is 0. The molecule has 122 valence electrons. The fourth-order valence-corrected chi connectivity index (χ4v) is 3.77. The van der Waals surface area contributed by atoms with Gasteiger partial charge in [-0.3, -0.25) is 4.79 Å². The van der Waals surface area contributed by atoms with Crippen molar-refractivity contribution in [2.45, 2.75) is 0 Å². The van der Waals surface area contributed by atoms with Gasteiger partial charge in [0.1, 0.15) is 9.71 Å². The molecule has 0 spiro atoms. The van der Waals surface area contributed by atoms with Crippen LogP contribution in [0.2, 0.25) is 0 Å². The van der Waals surface area contributed by atoms with Crippen molar-refractivity contribution in [1.82, 2.24) is 4.98 Å². The Morgan fingerprint density at radius 3 is 2.36 bits per heavy atom. The van der Waals surface area contributed by atoms with E-state index in [0.717, 1.165) is 21.6 Å². The monoisotopic (exact) mass is 345 g/mol. The highest BCUT2D eigenvalue weighted by Gasteiger charge is 2.20. The second kappa shape index (κ2) is 6.37. The number of hydrogen-bond donors (Lipinski definition) is 2. The number of carbonyl (C=O) groups is 1. The molecule has 0 saturated heterocycles. The van der Waals surface area contributed by atoms with E-state index in [1.54, 1.807) is 18.3 Å². The number of benzene rings is 2. The maximum Gasteiger partial charge on any atom is 0.205 e. The molecule has 4 aromatic rings. The number of fused-ring (bicyclic) bond motifs is 1. The molecule has 0 atom stereocenters. The van der Waals surface area contributed by atoms with E-state index in [2.05, 4.69) is 10.3 Å². The molecule has 0 saturated carbocycles. The predicted molar refractivity (Wildman–Crippen MR) is 104 cm³/mol. The van der Waals surface area contributed by atoms with E-state index in [0.29, 0.717) is 16.1 Å². The second-order valence-electron chi connectivity index (χ2n) is 5.57. The van der Waals surface area contributed by atoms with Crippen molar-refractivity contribution in [3.05, 3.63) is 83.4 Å². The van der Waals surface area contributed by atoms with Crippen LogP contribution in [-0.4, -0.2) is 10.8 Å². The Bertz CT molecular complexity index is 1040. The molecule has 3 N–H and O–H groups in total. The summed E-state index contributed by atoms with van der Waals surface area (Å²) < 4.78 is 0. The fraction of sp³-hybridized carbons (Fsp3) is 0. The van der Waals surface area contributed by atoms with Crippen molar-refractivity contribution >= 4 is 44.4 Å². The first kappa shape index (κ1) is 15.4. The topological polar surface area (TPSA) is 68.0 Å². The van der Waals surface area contributed by atoms with Gasteiger partial charge in [0, 0.05) is 17.4 Å². The summed E-state index contributed by atoms with van der Waals surface area (Å²) in [5.41, 5.74) is 9.24. The number of pyridine rings is 1. The highest BCUT2D eigenvalue weighted by Crippen LogP contribution is 2.39. The predicted octanol–water partition coefficient (Wildman–Crippen LogP) is 4.85. The van der Waals surface area contributed by atoms with E-state index >= 15 is 0 Å². The summed E-state index contributed by atoms with van der Waals surface area (Å²) in [5.74, 6) is -0.0771. The number of nitrogens with one attached hydrogen (secondary N) is 1. The van der Waals surface area contributed by atoms with Crippen molar-refractivity contribution in [2.24, 2.45) is 0 Å². The number of aromatic nitrogens is 1. The Morgan fingerprint density at radius 2 is 1.64 bits per heavy atom. The van der Waals surface area contributed by atoms with Crippen LogP contribution in [0.25, 0.3) is 10.2 Å². The molecule has 25 heavy (non-hydrogen) atoms. The van der Waals surface area contributed by atoms with Crippen molar-refractivity contribution < 1.29 is 4.79 Å². The number of hydrogen-bond acceptors (Lipinski definition) is 5. The number of nitrogens with zero attached hydrogens (tertiary/aromatic N) is 1. The number of nitrogen functional groups attached to an aromatic ring is 1. The first-order valence-corrected chi connectivity index (χ1v) is 8.64. The lowest BCUT2D eigenvalue weighted by Crippen LogP contribution is -2.02. The Kier molecular flexibility index (Phi) is 3.91. The standard InChI is InChI=1S/C20H15N3OS/c21-17-16-15(23-14-9-5-2-6-10-14)11-12-22-20(16)25-19(17)18(24)13-7-3-1-4-8-13/h1-12H,21H2,(H,22,23). The van der Waals surface area contributed by atoms with Gasteiger partial charge in [-0.25, -0.2) is 4.98 Å². The largest absolute Gasteiger partial charge is 0.397 e. The van der Waals surface area contributed by atoms with E-state index in [1.165, 1.54) is 11.3 Å². The van der Waals surface area contributed by atoms with Gasteiger partial charge in [-0.15, -0.1) is 11.3 Å². The minimum absolute atomic E-state index is 0.0771. The molecule has 0 radical (unpaired) electrons. The van der Waals surface area contributed by atoms with Gasteiger partial charge in [-0.05, 0) is 18.2 Å². The normalized spacial score (nSPS) is 10.7. The zero-order valence-corrected chi connectivity index (χ0v) is 14.1. The van der Waals surface area contributed by atoms with Gasteiger partial charge in [0.15, 0.2) is 0 Å². The zero-order valence-electron chi connectivity index (χ0n) is 13.3. The van der Waals surface area contributed by atoms with Crippen LogP contribution in [0.15, 0.2) is 72.9 Å².